The molecule has 0 spiro atoms. The van der Waals surface area contributed by atoms with Crippen molar-refractivity contribution in [1.29, 1.82) is 0 Å². The van der Waals surface area contributed by atoms with Crippen LogP contribution >= 0.6 is 0 Å². The quantitative estimate of drug-likeness (QED) is 0.700. The van der Waals surface area contributed by atoms with Crippen LogP contribution < -0.4 is 10.3 Å². The third-order valence-corrected chi connectivity index (χ3v) is 3.03. The van der Waals surface area contributed by atoms with Gasteiger partial charge < -0.3 is 9.30 Å². The van der Waals surface area contributed by atoms with Crippen molar-refractivity contribution in [3.63, 3.8) is 0 Å². The predicted octanol–water partition coefficient (Wildman–Crippen LogP) is 1.68. The topological polar surface area (TPSA) is 49.0 Å². The van der Waals surface area contributed by atoms with Crippen molar-refractivity contribution in [1.82, 2.24) is 14.1 Å². The van der Waals surface area contributed by atoms with Gasteiger partial charge in [0.05, 0.1) is 7.11 Å². The number of hydrogen-bond donors (Lipinski definition) is 0. The highest BCUT2D eigenvalue weighted by Gasteiger charge is 2.15. The maximum atomic E-state index is 12.3. The SMILES string of the molecule is COc1ccc(-c2nc3cn(C)ccn-3c2=O)cc1. The molecule has 5 nitrogen and oxygen atoms in total. The molecule has 0 aromatic heterocycles. The molecule has 0 N–H and O–H groups in total. The zero-order chi connectivity index (χ0) is 13.4. The summed E-state index contributed by atoms with van der Waals surface area (Å²) in [5.41, 5.74) is 1.13. The zero-order valence-electron chi connectivity index (χ0n) is 10.7. The van der Waals surface area contributed by atoms with Crippen LogP contribution in [-0.4, -0.2) is 21.2 Å². The lowest BCUT2D eigenvalue weighted by Gasteiger charge is -2.02. The van der Waals surface area contributed by atoms with E-state index in [1.54, 1.807) is 17.9 Å². The Morgan fingerprint density at radius 1 is 1.16 bits per heavy atom. The number of ether oxygens (including phenoxy) is 1. The maximum absolute atomic E-state index is 12.3. The summed E-state index contributed by atoms with van der Waals surface area (Å²) in [4.78, 5) is 16.6. The van der Waals surface area contributed by atoms with Gasteiger partial charge in [-0.05, 0) is 24.3 Å². The minimum atomic E-state index is -0.110. The van der Waals surface area contributed by atoms with Crippen molar-refractivity contribution in [2.45, 2.75) is 0 Å². The summed E-state index contributed by atoms with van der Waals surface area (Å²) in [6.45, 7) is 0. The fraction of sp³-hybridized carbons (Fsp3) is 0.143. The third kappa shape index (κ3) is 1.89. The number of hydrogen-bond acceptors (Lipinski definition) is 3. The highest BCUT2D eigenvalue weighted by molar-refractivity contribution is 5.61. The van der Waals surface area contributed by atoms with Crippen molar-refractivity contribution < 1.29 is 4.74 Å². The van der Waals surface area contributed by atoms with Crippen molar-refractivity contribution in [2.24, 2.45) is 7.05 Å². The number of imidazole rings is 1. The van der Waals surface area contributed by atoms with Gasteiger partial charge in [-0.15, -0.1) is 0 Å². The first-order valence-electron chi connectivity index (χ1n) is 5.88. The summed E-state index contributed by atoms with van der Waals surface area (Å²) < 4.78 is 8.50. The number of nitrogens with zero attached hydrogens (tertiary/aromatic N) is 3. The summed E-state index contributed by atoms with van der Waals surface area (Å²) in [6, 6.07) is 7.31. The number of fused-ring (bicyclic) bond motifs is 1. The number of benzene rings is 1. The van der Waals surface area contributed by atoms with Crippen LogP contribution in [0, 0.1) is 0 Å². The van der Waals surface area contributed by atoms with Gasteiger partial charge in [0.2, 0.25) is 0 Å². The predicted molar refractivity (Wildman–Crippen MR) is 72.0 cm³/mol. The molecule has 0 saturated heterocycles. The molecule has 0 aliphatic carbocycles. The lowest BCUT2D eigenvalue weighted by Crippen LogP contribution is -2.14. The minimum Gasteiger partial charge on any atom is -0.497 e. The second-order valence-electron chi connectivity index (χ2n) is 4.31. The standard InChI is InChI=1S/C14H13N3O2/c1-16-7-8-17-12(9-16)15-13(14(17)18)10-3-5-11(19-2)6-4-10/h3-9H,1-2H3. The van der Waals surface area contributed by atoms with E-state index >= 15 is 0 Å². The first-order chi connectivity index (χ1) is 9.19. The van der Waals surface area contributed by atoms with Gasteiger partial charge in [-0.25, -0.2) is 4.98 Å². The Morgan fingerprint density at radius 2 is 1.89 bits per heavy atom. The van der Waals surface area contributed by atoms with E-state index in [9.17, 15) is 4.79 Å². The zero-order valence-corrected chi connectivity index (χ0v) is 10.7. The first kappa shape index (κ1) is 11.5. The van der Waals surface area contributed by atoms with Crippen molar-refractivity contribution in [3.8, 4) is 22.8 Å². The Hall–Kier alpha value is -2.56. The lowest BCUT2D eigenvalue weighted by atomic mass is 10.1. The highest BCUT2D eigenvalue weighted by Crippen LogP contribution is 2.20. The number of rotatable bonds is 2. The van der Waals surface area contributed by atoms with E-state index in [1.807, 2.05) is 48.3 Å². The largest absolute Gasteiger partial charge is 0.497 e. The van der Waals surface area contributed by atoms with Gasteiger partial charge in [-0.2, -0.15) is 0 Å². The molecule has 1 aromatic rings. The molecule has 96 valence electrons. The van der Waals surface area contributed by atoms with E-state index in [0.717, 1.165) is 11.3 Å². The molecular weight excluding hydrogens is 242 g/mol. The van der Waals surface area contributed by atoms with E-state index in [4.69, 9.17) is 4.74 Å². The van der Waals surface area contributed by atoms with E-state index < -0.39 is 0 Å². The van der Waals surface area contributed by atoms with Gasteiger partial charge in [0.25, 0.3) is 5.56 Å². The van der Waals surface area contributed by atoms with Gasteiger partial charge in [0.15, 0.2) is 5.82 Å². The van der Waals surface area contributed by atoms with Crippen molar-refractivity contribution in [3.05, 3.63) is 53.2 Å². The second-order valence-corrected chi connectivity index (χ2v) is 4.31. The molecule has 2 aliphatic rings. The summed E-state index contributed by atoms with van der Waals surface area (Å²) >= 11 is 0. The molecular formula is C14H13N3O2. The lowest BCUT2D eigenvalue weighted by molar-refractivity contribution is 0.415. The highest BCUT2D eigenvalue weighted by atomic mass is 16.5. The average molecular weight is 255 g/mol. The monoisotopic (exact) mass is 255 g/mol. The van der Waals surface area contributed by atoms with Gasteiger partial charge in [0.1, 0.15) is 11.4 Å². The van der Waals surface area contributed by atoms with Crippen LogP contribution in [0.3, 0.4) is 0 Å². The fourth-order valence-electron chi connectivity index (χ4n) is 2.00. The number of aryl methyl sites for hydroxylation is 1. The molecule has 0 radical (unpaired) electrons. The van der Waals surface area contributed by atoms with E-state index in [1.165, 1.54) is 0 Å². The average Bonchev–Trinajstić information content (AvgIpc) is 2.75. The van der Waals surface area contributed by atoms with Crippen LogP contribution in [0.25, 0.3) is 17.1 Å². The van der Waals surface area contributed by atoms with E-state index in [-0.39, 0.29) is 5.56 Å². The van der Waals surface area contributed by atoms with Gasteiger partial charge in [-0.3, -0.25) is 9.36 Å². The normalized spacial score (nSPS) is 10.8. The Balaban J connectivity index is 2.17. The number of methoxy groups -OCH3 is 1. The Labute approximate surface area is 110 Å². The summed E-state index contributed by atoms with van der Waals surface area (Å²) in [6.07, 6.45) is 5.35. The molecule has 0 saturated carbocycles. The van der Waals surface area contributed by atoms with Crippen LogP contribution in [0.2, 0.25) is 0 Å². The molecule has 0 amide bonds. The van der Waals surface area contributed by atoms with Crippen molar-refractivity contribution in [2.75, 3.05) is 7.11 Å². The maximum Gasteiger partial charge on any atom is 0.282 e. The Morgan fingerprint density at radius 3 is 2.58 bits per heavy atom. The van der Waals surface area contributed by atoms with Crippen molar-refractivity contribution >= 4 is 0 Å². The van der Waals surface area contributed by atoms with Gasteiger partial charge >= 0.3 is 0 Å². The second kappa shape index (κ2) is 4.28. The molecule has 2 heterocycles. The fourth-order valence-corrected chi connectivity index (χ4v) is 2.00. The Kier molecular flexibility index (Phi) is 2.59. The van der Waals surface area contributed by atoms with E-state index in [0.29, 0.717) is 11.5 Å². The molecule has 2 aliphatic heterocycles. The van der Waals surface area contributed by atoms with Gasteiger partial charge in [0, 0.05) is 31.2 Å². The van der Waals surface area contributed by atoms with Crippen LogP contribution in [0.5, 0.6) is 5.75 Å². The van der Waals surface area contributed by atoms with Crippen LogP contribution in [0.4, 0.5) is 0 Å². The Bertz CT molecular complexity index is 740. The third-order valence-electron chi connectivity index (χ3n) is 3.03. The number of aromatic nitrogens is 3. The molecule has 1 aromatic carbocycles. The van der Waals surface area contributed by atoms with Crippen LogP contribution in [-0.2, 0) is 7.05 Å². The van der Waals surface area contributed by atoms with Crippen LogP contribution in [0.15, 0.2) is 47.7 Å². The molecule has 0 bridgehead atoms. The molecule has 0 fully saturated rings. The van der Waals surface area contributed by atoms with E-state index in [2.05, 4.69) is 4.98 Å². The molecule has 19 heavy (non-hydrogen) atoms. The summed E-state index contributed by atoms with van der Waals surface area (Å²) in [7, 11) is 3.51. The molecule has 3 rings (SSSR count). The van der Waals surface area contributed by atoms with Crippen LogP contribution in [0.1, 0.15) is 0 Å². The molecule has 5 heteroatoms. The van der Waals surface area contributed by atoms with Gasteiger partial charge in [-0.1, -0.05) is 0 Å². The smallest absolute Gasteiger partial charge is 0.282 e. The first-order valence-corrected chi connectivity index (χ1v) is 5.88. The molecule has 0 unspecified atom stereocenters. The minimum absolute atomic E-state index is 0.110. The summed E-state index contributed by atoms with van der Waals surface area (Å²) in [5.74, 6) is 1.40. The molecule has 0 atom stereocenters. The summed E-state index contributed by atoms with van der Waals surface area (Å²) in [5, 5.41) is 0.